The number of nitrogens with zero attached hydrogens (tertiary/aromatic N) is 1. The summed E-state index contributed by atoms with van der Waals surface area (Å²) in [5, 5.41) is 9.43. The van der Waals surface area contributed by atoms with E-state index in [2.05, 4.69) is 75.4 Å². The molecule has 0 unspecified atom stereocenters. The zero-order valence-electron chi connectivity index (χ0n) is 26.0. The number of aryl methyl sites for hydroxylation is 1. The molecule has 0 saturated carbocycles. The number of carboxylic acids is 1. The van der Waals surface area contributed by atoms with Gasteiger partial charge in [-0.1, -0.05) is 111 Å². The first kappa shape index (κ1) is 31.1. The number of carbonyl (C=O) groups is 2. The van der Waals surface area contributed by atoms with Gasteiger partial charge in [0.05, 0.1) is 6.42 Å². The van der Waals surface area contributed by atoms with Crippen LogP contribution in [0.2, 0.25) is 0 Å². The summed E-state index contributed by atoms with van der Waals surface area (Å²) in [6, 6.07) is 35.3. The lowest BCUT2D eigenvalue weighted by molar-refractivity contribution is -0.138. The van der Waals surface area contributed by atoms with E-state index in [0.29, 0.717) is 25.3 Å². The fourth-order valence-electron chi connectivity index (χ4n) is 6.23. The molecule has 1 atom stereocenters. The minimum atomic E-state index is -0.906. The SMILES string of the molecule is CC(C)c1ccc(C[C@]2(C)Cc3cc(CCC(=O)N(CCC(=O)O)CC(c4ccccc4)c4ccccc4)ccc3O2)cc1. The molecule has 0 radical (unpaired) electrons. The highest BCUT2D eigenvalue weighted by molar-refractivity contribution is 5.77. The van der Waals surface area contributed by atoms with Crippen LogP contribution in [0.3, 0.4) is 0 Å². The summed E-state index contributed by atoms with van der Waals surface area (Å²) in [7, 11) is 0. The van der Waals surface area contributed by atoms with Crippen LogP contribution in [-0.2, 0) is 28.9 Å². The van der Waals surface area contributed by atoms with Crippen molar-refractivity contribution in [3.8, 4) is 5.75 Å². The van der Waals surface area contributed by atoms with Gasteiger partial charge in [-0.15, -0.1) is 0 Å². The minimum absolute atomic E-state index is 0.0328. The smallest absolute Gasteiger partial charge is 0.305 e. The Balaban J connectivity index is 1.25. The number of rotatable bonds is 13. The maximum Gasteiger partial charge on any atom is 0.305 e. The van der Waals surface area contributed by atoms with Crippen molar-refractivity contribution >= 4 is 11.9 Å². The number of carboxylic acid groups (broad SMARTS) is 1. The van der Waals surface area contributed by atoms with E-state index in [1.807, 2.05) is 48.5 Å². The zero-order chi connectivity index (χ0) is 31.1. The van der Waals surface area contributed by atoms with Crippen LogP contribution in [0.5, 0.6) is 5.75 Å². The van der Waals surface area contributed by atoms with Crippen molar-refractivity contribution in [1.82, 2.24) is 4.90 Å². The molecule has 0 spiro atoms. The average molecular weight is 590 g/mol. The van der Waals surface area contributed by atoms with Crippen LogP contribution < -0.4 is 4.74 Å². The third-order valence-electron chi connectivity index (χ3n) is 8.65. The van der Waals surface area contributed by atoms with Gasteiger partial charge < -0.3 is 14.7 Å². The maximum atomic E-state index is 13.6. The molecule has 44 heavy (non-hydrogen) atoms. The molecular weight excluding hydrogens is 546 g/mol. The van der Waals surface area contributed by atoms with Gasteiger partial charge in [0.2, 0.25) is 5.91 Å². The van der Waals surface area contributed by atoms with Gasteiger partial charge in [0.1, 0.15) is 11.4 Å². The molecule has 1 heterocycles. The highest BCUT2D eigenvalue weighted by atomic mass is 16.5. The Morgan fingerprint density at radius 2 is 1.43 bits per heavy atom. The number of aliphatic carboxylic acids is 1. The van der Waals surface area contributed by atoms with Crippen molar-refractivity contribution in [2.45, 2.75) is 70.3 Å². The summed E-state index contributed by atoms with van der Waals surface area (Å²) in [5.41, 5.74) is 6.76. The second kappa shape index (κ2) is 13.9. The Bertz CT molecular complexity index is 1510. The molecule has 1 aliphatic heterocycles. The van der Waals surface area contributed by atoms with E-state index in [-0.39, 0.29) is 30.4 Å². The summed E-state index contributed by atoms with van der Waals surface area (Å²) < 4.78 is 6.45. The third-order valence-corrected chi connectivity index (χ3v) is 8.65. The first-order valence-electron chi connectivity index (χ1n) is 15.7. The molecule has 5 heteroatoms. The highest BCUT2D eigenvalue weighted by Gasteiger charge is 2.35. The molecule has 5 nitrogen and oxygen atoms in total. The summed E-state index contributed by atoms with van der Waals surface area (Å²) in [5.74, 6) is 0.436. The molecule has 1 aliphatic rings. The molecule has 228 valence electrons. The van der Waals surface area contributed by atoms with E-state index in [4.69, 9.17) is 4.74 Å². The third kappa shape index (κ3) is 7.96. The Morgan fingerprint density at radius 1 is 0.818 bits per heavy atom. The molecule has 1 N–H and O–H groups in total. The lowest BCUT2D eigenvalue weighted by atomic mass is 9.90. The molecular formula is C39H43NO4. The van der Waals surface area contributed by atoms with Crippen molar-refractivity contribution in [2.24, 2.45) is 0 Å². The second-order valence-corrected chi connectivity index (χ2v) is 12.6. The Labute approximate surface area is 261 Å². The van der Waals surface area contributed by atoms with Gasteiger partial charge in [-0.25, -0.2) is 0 Å². The summed E-state index contributed by atoms with van der Waals surface area (Å²) in [6.45, 7) is 7.19. The Hall–Kier alpha value is -4.38. The van der Waals surface area contributed by atoms with E-state index >= 15 is 0 Å². The molecule has 0 aromatic heterocycles. The molecule has 4 aromatic carbocycles. The normalized spacial score (nSPS) is 15.7. The molecule has 0 fully saturated rings. The van der Waals surface area contributed by atoms with Gasteiger partial charge in [-0.05, 0) is 58.7 Å². The monoisotopic (exact) mass is 589 g/mol. The van der Waals surface area contributed by atoms with Crippen LogP contribution in [0.25, 0.3) is 0 Å². The average Bonchev–Trinajstić information content (AvgIpc) is 3.35. The van der Waals surface area contributed by atoms with Gasteiger partial charge in [0.15, 0.2) is 0 Å². The molecule has 0 aliphatic carbocycles. The van der Waals surface area contributed by atoms with Crippen molar-refractivity contribution in [3.63, 3.8) is 0 Å². The predicted molar refractivity (Wildman–Crippen MR) is 175 cm³/mol. The maximum absolute atomic E-state index is 13.6. The number of carbonyl (C=O) groups excluding carboxylic acids is 1. The number of fused-ring (bicyclic) bond motifs is 1. The van der Waals surface area contributed by atoms with Crippen LogP contribution in [0, 0.1) is 0 Å². The predicted octanol–water partition coefficient (Wildman–Crippen LogP) is 7.81. The van der Waals surface area contributed by atoms with Crippen LogP contribution in [-0.4, -0.2) is 40.6 Å². The number of hydrogen-bond donors (Lipinski definition) is 1. The number of ether oxygens (including phenoxy) is 1. The zero-order valence-corrected chi connectivity index (χ0v) is 26.0. The quantitative estimate of drug-likeness (QED) is 0.173. The van der Waals surface area contributed by atoms with Gasteiger partial charge in [-0.2, -0.15) is 0 Å². The standard InChI is InChI=1S/C39H43NO4/c1-28(2)31-18-14-30(15-19-31)25-39(3)26-34-24-29(16-20-36(34)44-39)17-21-37(41)40(23-22-38(42)43)27-35(32-10-6-4-7-11-32)33-12-8-5-9-13-33/h4-16,18-20,24,28,35H,17,21-23,25-27H2,1-3H3,(H,42,43)/t39-/m1/s1. The van der Waals surface area contributed by atoms with Gasteiger partial charge >= 0.3 is 5.97 Å². The van der Waals surface area contributed by atoms with E-state index in [1.54, 1.807) is 4.90 Å². The molecule has 4 aromatic rings. The molecule has 0 bridgehead atoms. The van der Waals surface area contributed by atoms with Crippen LogP contribution in [0.4, 0.5) is 0 Å². The molecule has 0 saturated heterocycles. The van der Waals surface area contributed by atoms with Crippen LogP contribution in [0.1, 0.15) is 78.8 Å². The number of amides is 1. The van der Waals surface area contributed by atoms with E-state index < -0.39 is 5.97 Å². The highest BCUT2D eigenvalue weighted by Crippen LogP contribution is 2.38. The molecule has 1 amide bonds. The van der Waals surface area contributed by atoms with Crippen LogP contribution >= 0.6 is 0 Å². The Kier molecular flexibility index (Phi) is 9.84. The van der Waals surface area contributed by atoms with Gasteiger partial charge in [0, 0.05) is 38.3 Å². The summed E-state index contributed by atoms with van der Waals surface area (Å²) in [6.07, 6.45) is 2.46. The van der Waals surface area contributed by atoms with Crippen molar-refractivity contribution < 1.29 is 19.4 Å². The minimum Gasteiger partial charge on any atom is -0.487 e. The fourth-order valence-corrected chi connectivity index (χ4v) is 6.23. The largest absolute Gasteiger partial charge is 0.487 e. The molecule has 5 rings (SSSR count). The Morgan fingerprint density at radius 3 is 2.02 bits per heavy atom. The van der Waals surface area contributed by atoms with E-state index in [9.17, 15) is 14.7 Å². The van der Waals surface area contributed by atoms with Crippen molar-refractivity contribution in [3.05, 3.63) is 137 Å². The van der Waals surface area contributed by atoms with Gasteiger partial charge in [0.25, 0.3) is 0 Å². The first-order valence-corrected chi connectivity index (χ1v) is 15.7. The number of benzene rings is 4. The summed E-state index contributed by atoms with van der Waals surface area (Å²) >= 11 is 0. The second-order valence-electron chi connectivity index (χ2n) is 12.6. The van der Waals surface area contributed by atoms with Crippen molar-refractivity contribution in [1.29, 1.82) is 0 Å². The van der Waals surface area contributed by atoms with Crippen LogP contribution in [0.15, 0.2) is 103 Å². The van der Waals surface area contributed by atoms with E-state index in [1.165, 1.54) is 16.7 Å². The topological polar surface area (TPSA) is 66.8 Å². The summed E-state index contributed by atoms with van der Waals surface area (Å²) in [4.78, 5) is 26.9. The van der Waals surface area contributed by atoms with Gasteiger partial charge in [-0.3, -0.25) is 9.59 Å². The lowest BCUT2D eigenvalue weighted by Gasteiger charge is -2.28. The lowest BCUT2D eigenvalue weighted by Crippen LogP contribution is -2.37. The fraction of sp³-hybridized carbons (Fsp3) is 0.333. The number of hydrogen-bond acceptors (Lipinski definition) is 3. The van der Waals surface area contributed by atoms with Crippen molar-refractivity contribution in [2.75, 3.05) is 13.1 Å². The first-order chi connectivity index (χ1) is 21.2. The van der Waals surface area contributed by atoms with E-state index in [0.717, 1.165) is 35.3 Å².